The summed E-state index contributed by atoms with van der Waals surface area (Å²) in [6, 6.07) is 8.23. The molecule has 0 N–H and O–H groups in total. The summed E-state index contributed by atoms with van der Waals surface area (Å²) in [4.78, 5) is 80.2. The molecule has 254 valence electrons. The van der Waals surface area contributed by atoms with Crippen molar-refractivity contribution in [3.63, 3.8) is 0 Å². The van der Waals surface area contributed by atoms with E-state index < -0.39 is 106 Å². The molecule has 12 nitrogen and oxygen atoms in total. The quantitative estimate of drug-likeness (QED) is 0.240. The number of rotatable bonds is 7. The Morgan fingerprint density at radius 1 is 0.851 bits per heavy atom. The summed E-state index contributed by atoms with van der Waals surface area (Å²) in [6.45, 7) is 11.2. The van der Waals surface area contributed by atoms with E-state index in [0.717, 1.165) is 6.92 Å². The zero-order valence-corrected chi connectivity index (χ0v) is 27.9. The van der Waals surface area contributed by atoms with Crippen LogP contribution in [0.5, 0.6) is 0 Å². The normalized spacial score (nSPS) is 37.9. The molecule has 1 saturated heterocycles. The van der Waals surface area contributed by atoms with Crippen molar-refractivity contribution >= 4 is 35.6 Å². The molecular formula is C35H42O12. The van der Waals surface area contributed by atoms with Crippen molar-refractivity contribution in [2.24, 2.45) is 29.1 Å². The zero-order valence-electron chi connectivity index (χ0n) is 27.9. The Kier molecular flexibility index (Phi) is 8.66. The van der Waals surface area contributed by atoms with Crippen molar-refractivity contribution in [2.45, 2.75) is 96.9 Å². The van der Waals surface area contributed by atoms with Crippen LogP contribution in [-0.4, -0.2) is 77.4 Å². The minimum Gasteiger partial charge on any atom is -0.465 e. The predicted octanol–water partition coefficient (Wildman–Crippen LogP) is 3.54. The largest absolute Gasteiger partial charge is 0.465 e. The summed E-state index contributed by atoms with van der Waals surface area (Å²) in [5.74, 6) is -7.69. The number of esters is 5. The number of Topliss-reactive ketones (excluding diaryl/α,β-unsaturated/α-hetero) is 1. The molecule has 0 radical (unpaired) electrons. The molecule has 12 heteroatoms. The molecule has 1 aromatic rings. The van der Waals surface area contributed by atoms with E-state index in [-0.39, 0.29) is 12.0 Å². The number of ether oxygens (including phenoxy) is 6. The number of carbonyl (C=O) groups excluding carboxylic acids is 6. The van der Waals surface area contributed by atoms with Gasteiger partial charge in [-0.15, -0.1) is 0 Å². The van der Waals surface area contributed by atoms with Gasteiger partial charge in [0.05, 0.1) is 22.5 Å². The highest BCUT2D eigenvalue weighted by molar-refractivity contribution is 5.98. The first-order valence-electron chi connectivity index (χ1n) is 15.8. The van der Waals surface area contributed by atoms with Gasteiger partial charge < -0.3 is 28.4 Å². The highest BCUT2D eigenvalue weighted by Gasteiger charge is 2.82. The van der Waals surface area contributed by atoms with Crippen LogP contribution in [0, 0.1) is 29.1 Å². The second-order valence-electron chi connectivity index (χ2n) is 13.9. The molecule has 0 unspecified atom stereocenters. The monoisotopic (exact) mass is 654 g/mol. The minimum absolute atomic E-state index is 0.0892. The maximum absolute atomic E-state index is 15.3. The molecule has 1 aliphatic heterocycles. The molecule has 10 atom stereocenters. The SMILES string of the molecule is CC(=O)OC[C@@]12[C@H](OC(C)=O)[C@H]3[C@@H](OC(C)=O)[C@@H](C)C[C@]3(OC(C)=O)C(=O)[C@@]3(C)OC(C)(C)[C@@H](C=C[C@H]1OC(=O)c1ccccc1)[C@H]23. The molecule has 4 aliphatic rings. The number of fused-ring (bicyclic) bond motifs is 1. The van der Waals surface area contributed by atoms with Crippen molar-refractivity contribution in [2.75, 3.05) is 6.61 Å². The summed E-state index contributed by atoms with van der Waals surface area (Å²) in [6.07, 6.45) is -0.502. The van der Waals surface area contributed by atoms with Gasteiger partial charge in [-0.2, -0.15) is 0 Å². The molecule has 1 aromatic carbocycles. The third-order valence-electron chi connectivity index (χ3n) is 10.3. The van der Waals surface area contributed by atoms with Crippen LogP contribution in [0.25, 0.3) is 0 Å². The number of carbonyl (C=O) groups is 6. The van der Waals surface area contributed by atoms with Gasteiger partial charge >= 0.3 is 29.8 Å². The second kappa shape index (κ2) is 11.9. The molecule has 3 aliphatic carbocycles. The smallest absolute Gasteiger partial charge is 0.338 e. The van der Waals surface area contributed by atoms with Crippen LogP contribution < -0.4 is 0 Å². The Balaban J connectivity index is 1.88. The van der Waals surface area contributed by atoms with Crippen molar-refractivity contribution in [1.82, 2.24) is 0 Å². The van der Waals surface area contributed by atoms with Crippen LogP contribution in [-0.2, 0) is 52.4 Å². The molecule has 0 aromatic heterocycles. The minimum atomic E-state index is -2.01. The third-order valence-corrected chi connectivity index (χ3v) is 10.3. The number of hydrogen-bond donors (Lipinski definition) is 0. The lowest BCUT2D eigenvalue weighted by Crippen LogP contribution is -2.64. The van der Waals surface area contributed by atoms with Crippen LogP contribution in [0.15, 0.2) is 42.5 Å². The molecule has 2 saturated carbocycles. The Bertz CT molecular complexity index is 1520. The van der Waals surface area contributed by atoms with E-state index in [1.807, 2.05) is 0 Å². The van der Waals surface area contributed by atoms with Gasteiger partial charge in [0, 0.05) is 46.0 Å². The van der Waals surface area contributed by atoms with E-state index in [1.165, 1.54) is 20.8 Å². The summed E-state index contributed by atoms with van der Waals surface area (Å²) >= 11 is 0. The third kappa shape index (κ3) is 5.44. The van der Waals surface area contributed by atoms with Crippen molar-refractivity contribution in [1.29, 1.82) is 0 Å². The Morgan fingerprint density at radius 2 is 1.49 bits per heavy atom. The van der Waals surface area contributed by atoms with Crippen molar-refractivity contribution in [3.8, 4) is 0 Å². The maximum atomic E-state index is 15.3. The fourth-order valence-corrected chi connectivity index (χ4v) is 9.02. The van der Waals surface area contributed by atoms with E-state index in [4.69, 9.17) is 28.4 Å². The van der Waals surface area contributed by atoms with E-state index in [2.05, 4.69) is 0 Å². The first-order chi connectivity index (χ1) is 21.9. The van der Waals surface area contributed by atoms with Crippen molar-refractivity contribution in [3.05, 3.63) is 48.0 Å². The molecule has 1 heterocycles. The number of benzene rings is 1. The highest BCUT2D eigenvalue weighted by atomic mass is 16.6. The lowest BCUT2D eigenvalue weighted by atomic mass is 9.54. The van der Waals surface area contributed by atoms with E-state index in [0.29, 0.717) is 0 Å². The average molecular weight is 655 g/mol. The van der Waals surface area contributed by atoms with Crippen LogP contribution in [0.4, 0.5) is 0 Å². The van der Waals surface area contributed by atoms with Gasteiger partial charge in [0.2, 0.25) is 5.78 Å². The van der Waals surface area contributed by atoms with Crippen LogP contribution in [0.2, 0.25) is 0 Å². The first-order valence-corrected chi connectivity index (χ1v) is 15.8. The number of ketones is 1. The van der Waals surface area contributed by atoms with Gasteiger partial charge in [-0.25, -0.2) is 4.79 Å². The summed E-state index contributed by atoms with van der Waals surface area (Å²) in [7, 11) is 0. The van der Waals surface area contributed by atoms with Gasteiger partial charge in [0.15, 0.2) is 5.60 Å². The van der Waals surface area contributed by atoms with E-state index in [1.54, 1.807) is 70.2 Å². The van der Waals surface area contributed by atoms with Crippen molar-refractivity contribution < 1.29 is 57.2 Å². The van der Waals surface area contributed by atoms with E-state index >= 15 is 4.79 Å². The van der Waals surface area contributed by atoms with E-state index in [9.17, 15) is 24.0 Å². The lowest BCUT2D eigenvalue weighted by molar-refractivity contribution is -0.213. The molecular weight excluding hydrogens is 612 g/mol. The number of hydrogen-bond acceptors (Lipinski definition) is 12. The molecule has 47 heavy (non-hydrogen) atoms. The zero-order chi connectivity index (χ0) is 34.7. The average Bonchev–Trinajstić information content (AvgIpc) is 3.34. The van der Waals surface area contributed by atoms with Crippen LogP contribution in [0.1, 0.15) is 72.2 Å². The predicted molar refractivity (Wildman–Crippen MR) is 162 cm³/mol. The Labute approximate surface area is 273 Å². The molecule has 3 fully saturated rings. The standard InChI is InChI=1S/C35H42O12/c1-18-16-35(46-22(5)39)26(27(18)43-20(3)37)29(44-21(4)38)34(17-42-19(2)36)25(45-30(40)23-12-10-9-11-13-23)15-14-24-28(34)33(8,31(35)41)47-32(24,6)7/h9-15,18,24-29H,16-17H2,1-8H3/t18-,24-,25+,26+,27-,28-,29+,33-,34+,35+/m0/s1. The van der Waals surface area contributed by atoms with Gasteiger partial charge in [-0.1, -0.05) is 31.2 Å². The lowest BCUT2D eigenvalue weighted by Gasteiger charge is -2.53. The summed E-state index contributed by atoms with van der Waals surface area (Å²) < 4.78 is 36.8. The fraction of sp³-hybridized carbons (Fsp3) is 0.600. The first kappa shape index (κ1) is 34.3. The fourth-order valence-electron chi connectivity index (χ4n) is 9.02. The van der Waals surface area contributed by atoms with Gasteiger partial charge in [-0.3, -0.25) is 24.0 Å². The van der Waals surface area contributed by atoms with Gasteiger partial charge in [-0.05, 0) is 44.9 Å². The Morgan fingerprint density at radius 3 is 2.06 bits per heavy atom. The molecule has 0 bridgehead atoms. The second-order valence-corrected chi connectivity index (χ2v) is 13.9. The van der Waals surface area contributed by atoms with Crippen LogP contribution >= 0.6 is 0 Å². The Hall–Kier alpha value is -4.06. The molecule has 0 amide bonds. The molecule has 0 spiro atoms. The summed E-state index contributed by atoms with van der Waals surface area (Å²) in [5.41, 5.74) is -6.30. The maximum Gasteiger partial charge on any atom is 0.338 e. The van der Waals surface area contributed by atoms with Gasteiger partial charge in [0.1, 0.15) is 30.5 Å². The van der Waals surface area contributed by atoms with Gasteiger partial charge in [0.25, 0.3) is 0 Å². The molecule has 5 rings (SSSR count). The topological polar surface area (TPSA) is 158 Å². The summed E-state index contributed by atoms with van der Waals surface area (Å²) in [5, 5.41) is 0. The van der Waals surface area contributed by atoms with Crippen LogP contribution in [0.3, 0.4) is 0 Å². The highest BCUT2D eigenvalue weighted by Crippen LogP contribution is 2.67.